The summed E-state index contributed by atoms with van der Waals surface area (Å²) in [4.78, 5) is 15.0. The van der Waals surface area contributed by atoms with Crippen molar-refractivity contribution in [3.05, 3.63) is 121 Å². The van der Waals surface area contributed by atoms with Crippen LogP contribution in [-0.2, 0) is 0 Å². The maximum Gasteiger partial charge on any atom is 0.164 e. The van der Waals surface area contributed by atoms with E-state index in [4.69, 9.17) is 102 Å². The third-order valence-corrected chi connectivity index (χ3v) is 12.8. The van der Waals surface area contributed by atoms with Gasteiger partial charge in [-0.2, -0.15) is 0 Å². The van der Waals surface area contributed by atoms with E-state index in [1.807, 2.05) is 102 Å². The molecular weight excluding hydrogens is 809 g/mol. The van der Waals surface area contributed by atoms with Crippen LogP contribution in [0.15, 0.2) is 130 Å². The second-order valence-corrected chi connectivity index (χ2v) is 16.5. The van der Waals surface area contributed by atoms with Crippen molar-refractivity contribution in [2.45, 2.75) is 0 Å². The minimum absolute atomic E-state index is 0.0723. The van der Waals surface area contributed by atoms with E-state index in [1.54, 1.807) is 0 Å². The molecular formula is C51H20B10N4O2. The van der Waals surface area contributed by atoms with E-state index < -0.39 is 0 Å². The molecule has 12 rings (SSSR count). The molecule has 4 aromatic heterocycles. The fourth-order valence-electron chi connectivity index (χ4n) is 9.36. The normalized spacial score (nSPS) is 11.9. The molecule has 67 heavy (non-hydrogen) atoms. The van der Waals surface area contributed by atoms with Gasteiger partial charge in [0.1, 0.15) is 95.2 Å². The molecule has 8 aromatic carbocycles. The maximum absolute atomic E-state index is 6.98. The van der Waals surface area contributed by atoms with Crippen LogP contribution in [0.2, 0.25) is 0 Å². The average molecular weight is 829 g/mol. The molecule has 0 unspecified atom stereocenters. The molecule has 12 aromatic rings. The van der Waals surface area contributed by atoms with Gasteiger partial charge in [0.05, 0.1) is 5.52 Å². The van der Waals surface area contributed by atoms with E-state index in [1.165, 1.54) is 0 Å². The molecule has 286 valence electrons. The van der Waals surface area contributed by atoms with Crippen LogP contribution in [0, 0.1) is 0 Å². The van der Waals surface area contributed by atoms with Gasteiger partial charge in [0, 0.05) is 54.8 Å². The Morgan fingerprint density at radius 3 is 1.55 bits per heavy atom. The SMILES string of the molecule is [B]c1c([B])c([B])c2c(oc3c2c([B])c([B])c2c4c([B])c([B])c([B])c([B])c4n(-c4ccc5oc6cc(-c7nc(-c8ccccc8)nc(-c8cccc(-c9ccccc9)c8)n7)ccc6c5c4)c32)c1[B]. The van der Waals surface area contributed by atoms with Gasteiger partial charge in [0.2, 0.25) is 0 Å². The van der Waals surface area contributed by atoms with Crippen molar-refractivity contribution >= 4 is 199 Å². The summed E-state index contributed by atoms with van der Waals surface area (Å²) < 4.78 is 15.0. The van der Waals surface area contributed by atoms with Crippen LogP contribution in [0.5, 0.6) is 0 Å². The molecule has 0 N–H and O–H groups in total. The Balaban J connectivity index is 1.08. The number of benzene rings is 8. The first-order chi connectivity index (χ1) is 32.4. The second kappa shape index (κ2) is 15.2. The van der Waals surface area contributed by atoms with Crippen molar-refractivity contribution in [3.63, 3.8) is 0 Å². The molecule has 0 aliphatic heterocycles. The van der Waals surface area contributed by atoms with Crippen molar-refractivity contribution in [1.82, 2.24) is 19.5 Å². The van der Waals surface area contributed by atoms with Crippen LogP contribution in [0.25, 0.3) is 117 Å². The third-order valence-electron chi connectivity index (χ3n) is 12.8. The predicted octanol–water partition coefficient (Wildman–Crippen LogP) is 1.37. The summed E-state index contributed by atoms with van der Waals surface area (Å²) >= 11 is 0. The number of nitrogens with zero attached hydrogens (tertiary/aromatic N) is 4. The van der Waals surface area contributed by atoms with Crippen LogP contribution in [0.4, 0.5) is 0 Å². The number of aromatic nitrogens is 4. The van der Waals surface area contributed by atoms with Gasteiger partial charge in [-0.15, -0.1) is 21.9 Å². The number of hydrogen-bond donors (Lipinski definition) is 0. The van der Waals surface area contributed by atoms with Gasteiger partial charge in [-0.05, 0) is 52.9 Å². The largest absolute Gasteiger partial charge is 0.456 e. The van der Waals surface area contributed by atoms with Crippen molar-refractivity contribution in [1.29, 1.82) is 0 Å². The summed E-state index contributed by atoms with van der Waals surface area (Å²) in [6, 6.07) is 39.8. The number of furan rings is 2. The molecule has 6 nitrogen and oxygen atoms in total. The van der Waals surface area contributed by atoms with Gasteiger partial charge < -0.3 is 13.4 Å². The van der Waals surface area contributed by atoms with Crippen LogP contribution in [0.1, 0.15) is 0 Å². The Morgan fingerprint density at radius 2 is 0.851 bits per heavy atom. The first-order valence-corrected chi connectivity index (χ1v) is 21.1. The molecule has 0 saturated carbocycles. The minimum Gasteiger partial charge on any atom is -0.456 e. The highest BCUT2D eigenvalue weighted by Crippen LogP contribution is 2.39. The standard InChI is InChI=1S/C51H20B10N4O2/c52-35-32-31-36(53)39(56)41(58)43(60)45(31)65(46(32)48-34(37(35)54)33-38(55)40(57)42(59)44(61)47(33)67-48)26-15-17-29-28(20-26)27-16-14-25(19-30(27)66-29)51-63-49(22-10-5-2-6-11-22)62-50(64-51)24-13-7-12-23(18-24)21-8-3-1-4-9-21/h1-20H. The molecule has 0 aliphatic carbocycles. The lowest BCUT2D eigenvalue weighted by molar-refractivity contribution is 0.669. The smallest absolute Gasteiger partial charge is 0.164 e. The molecule has 0 fully saturated rings. The van der Waals surface area contributed by atoms with E-state index in [2.05, 4.69) is 24.3 Å². The topological polar surface area (TPSA) is 69.9 Å². The summed E-state index contributed by atoms with van der Waals surface area (Å²) in [5, 5.41) is 3.17. The van der Waals surface area contributed by atoms with Crippen molar-refractivity contribution < 1.29 is 8.83 Å². The number of hydrogen-bond acceptors (Lipinski definition) is 5. The van der Waals surface area contributed by atoms with E-state index in [9.17, 15) is 0 Å². The quantitative estimate of drug-likeness (QED) is 0.246. The zero-order chi connectivity index (χ0) is 46.2. The Bertz CT molecular complexity index is 4110. The lowest BCUT2D eigenvalue weighted by atomic mass is 9.64. The monoisotopic (exact) mass is 830 g/mol. The summed E-state index contributed by atoms with van der Waals surface area (Å²) in [6.45, 7) is 0. The van der Waals surface area contributed by atoms with Crippen LogP contribution >= 0.6 is 0 Å². The molecule has 0 bridgehead atoms. The van der Waals surface area contributed by atoms with E-state index in [0.29, 0.717) is 66.9 Å². The van der Waals surface area contributed by atoms with Gasteiger partial charge in [0.25, 0.3) is 0 Å². The first kappa shape index (κ1) is 41.3. The highest BCUT2D eigenvalue weighted by molar-refractivity contribution is 6.71. The van der Waals surface area contributed by atoms with Gasteiger partial charge >= 0.3 is 0 Å². The molecule has 0 spiro atoms. The summed E-state index contributed by atoms with van der Waals surface area (Å²) in [7, 11) is 66.3. The molecule has 4 heterocycles. The zero-order valence-electron chi connectivity index (χ0n) is 35.4. The van der Waals surface area contributed by atoms with Gasteiger partial charge in [0.15, 0.2) is 23.1 Å². The van der Waals surface area contributed by atoms with Crippen molar-refractivity contribution in [3.8, 4) is 51.0 Å². The highest BCUT2D eigenvalue weighted by Gasteiger charge is 2.27. The Kier molecular flexibility index (Phi) is 9.35. The number of fused-ring (bicyclic) bond motifs is 10. The first-order valence-electron chi connectivity index (χ1n) is 21.1. The molecule has 0 aliphatic rings. The van der Waals surface area contributed by atoms with E-state index >= 15 is 0 Å². The van der Waals surface area contributed by atoms with Crippen molar-refractivity contribution in [2.24, 2.45) is 0 Å². The average Bonchev–Trinajstić information content (AvgIpc) is 4.06. The lowest BCUT2D eigenvalue weighted by Gasteiger charge is -2.16. The molecule has 0 saturated heterocycles. The van der Waals surface area contributed by atoms with E-state index in [0.717, 1.165) is 38.6 Å². The van der Waals surface area contributed by atoms with E-state index in [-0.39, 0.29) is 65.8 Å². The second-order valence-electron chi connectivity index (χ2n) is 16.5. The van der Waals surface area contributed by atoms with Gasteiger partial charge in [-0.3, -0.25) is 0 Å². The fourth-order valence-corrected chi connectivity index (χ4v) is 9.36. The van der Waals surface area contributed by atoms with Crippen LogP contribution in [-0.4, -0.2) is 98.0 Å². The fraction of sp³-hybridized carbons (Fsp3) is 0. The Hall–Kier alpha value is -7.18. The summed E-state index contributed by atoms with van der Waals surface area (Å²) in [5.74, 6) is 1.54. The maximum atomic E-state index is 6.98. The third kappa shape index (κ3) is 6.07. The van der Waals surface area contributed by atoms with Gasteiger partial charge in [-0.25, -0.2) is 15.0 Å². The number of rotatable bonds is 5. The molecule has 0 atom stereocenters. The Morgan fingerprint density at radius 1 is 0.328 bits per heavy atom. The Labute approximate surface area is 397 Å². The minimum atomic E-state index is 0.0723. The van der Waals surface area contributed by atoms with Crippen LogP contribution < -0.4 is 54.6 Å². The molecule has 20 radical (unpaired) electrons. The molecule has 16 heteroatoms. The predicted molar refractivity (Wildman–Crippen MR) is 284 cm³/mol. The summed E-state index contributed by atoms with van der Waals surface area (Å²) in [6.07, 6.45) is 0. The van der Waals surface area contributed by atoms with Gasteiger partial charge in [-0.1, -0.05) is 118 Å². The zero-order valence-corrected chi connectivity index (χ0v) is 35.4. The highest BCUT2D eigenvalue weighted by atomic mass is 16.3. The summed E-state index contributed by atoms with van der Waals surface area (Å²) in [5.41, 5.74) is 8.90. The molecule has 0 amide bonds. The lowest BCUT2D eigenvalue weighted by Crippen LogP contribution is -2.48. The van der Waals surface area contributed by atoms with Crippen LogP contribution in [0.3, 0.4) is 0 Å². The van der Waals surface area contributed by atoms with Crippen molar-refractivity contribution in [2.75, 3.05) is 0 Å².